The molecule has 1 aliphatic rings. The highest BCUT2D eigenvalue weighted by molar-refractivity contribution is 4.64. The molecule has 1 aliphatic heterocycles. The molecule has 0 aromatic carbocycles. The molecule has 8 heteroatoms. The molecule has 0 aromatic heterocycles. The molecule has 0 atom stereocenters. The van der Waals surface area contributed by atoms with E-state index in [4.69, 9.17) is 33.2 Å². The van der Waals surface area contributed by atoms with Crippen LogP contribution < -0.4 is 0 Å². The molecule has 0 aliphatic carbocycles. The highest BCUT2D eigenvalue weighted by atomic mass is 16.9. The van der Waals surface area contributed by atoms with Crippen molar-refractivity contribution in [2.24, 2.45) is 5.92 Å². The number of hydrogen-bond donors (Lipinski definition) is 0. The summed E-state index contributed by atoms with van der Waals surface area (Å²) in [6.45, 7) is 38.3. The van der Waals surface area contributed by atoms with Crippen LogP contribution in [0.5, 0.6) is 0 Å². The predicted octanol–water partition coefficient (Wildman–Crippen LogP) is 9.25. The third kappa shape index (κ3) is 56.1. The molecule has 1 heterocycles. The Labute approximate surface area is 260 Å². The Bertz CT molecular complexity index is 349. The Morgan fingerprint density at radius 3 is 1.02 bits per heavy atom. The van der Waals surface area contributed by atoms with E-state index in [1.54, 1.807) is 21.0 Å². The Morgan fingerprint density at radius 2 is 0.854 bits per heavy atom. The van der Waals surface area contributed by atoms with E-state index in [2.05, 4.69) is 39.5 Å². The molecule has 0 bridgehead atoms. The van der Waals surface area contributed by atoms with Gasteiger partial charge in [0.2, 0.25) is 0 Å². The molecule has 41 heavy (non-hydrogen) atoms. The third-order valence-corrected chi connectivity index (χ3v) is 4.14. The van der Waals surface area contributed by atoms with Crippen molar-refractivity contribution in [1.29, 1.82) is 0 Å². The average molecular weight is 604 g/mol. The maximum Gasteiger partial charge on any atom is 0.279 e. The van der Waals surface area contributed by atoms with E-state index >= 15 is 0 Å². The molecule has 8 nitrogen and oxygen atoms in total. The van der Waals surface area contributed by atoms with Crippen molar-refractivity contribution in [3.05, 3.63) is 0 Å². The van der Waals surface area contributed by atoms with Crippen LogP contribution in [-0.2, 0) is 33.2 Å². The molecular formula is C33H81NO7. The van der Waals surface area contributed by atoms with Crippen LogP contribution in [0.15, 0.2) is 0 Å². The minimum Gasteiger partial charge on any atom is -0.383 e. The van der Waals surface area contributed by atoms with Crippen LogP contribution in [0.1, 0.15) is 130 Å². The summed E-state index contributed by atoms with van der Waals surface area (Å²) in [6.07, 6.45) is 4.01. The third-order valence-electron chi connectivity index (χ3n) is 4.14. The Kier molecular flexibility index (Phi) is 68.0. The van der Waals surface area contributed by atoms with Gasteiger partial charge in [0.15, 0.2) is 0 Å². The largest absolute Gasteiger partial charge is 0.383 e. The lowest BCUT2D eigenvalue weighted by Gasteiger charge is -2.27. The molecule has 0 saturated carbocycles. The van der Waals surface area contributed by atoms with Gasteiger partial charge in [-0.25, -0.2) is 0 Å². The van der Waals surface area contributed by atoms with E-state index < -0.39 is 11.9 Å². The average Bonchev–Trinajstić information content (AvgIpc) is 3.50. The van der Waals surface area contributed by atoms with E-state index in [9.17, 15) is 0 Å². The summed E-state index contributed by atoms with van der Waals surface area (Å²) in [7, 11) is 6.32. The minimum atomic E-state index is -0.875. The van der Waals surface area contributed by atoms with Crippen molar-refractivity contribution in [1.82, 2.24) is 4.90 Å². The van der Waals surface area contributed by atoms with Crippen LogP contribution in [0.4, 0.5) is 0 Å². The van der Waals surface area contributed by atoms with Crippen molar-refractivity contribution in [3.8, 4) is 0 Å². The minimum absolute atomic E-state index is 0.594. The van der Waals surface area contributed by atoms with Gasteiger partial charge in [-0.1, -0.05) is 82.6 Å². The molecule has 0 spiro atoms. The molecule has 1 rings (SSSR count). The van der Waals surface area contributed by atoms with Gasteiger partial charge in [0.1, 0.15) is 0 Å². The molecule has 0 amide bonds. The van der Waals surface area contributed by atoms with E-state index in [1.165, 1.54) is 53.7 Å². The topological polar surface area (TPSA) is 67.9 Å². The van der Waals surface area contributed by atoms with E-state index in [-0.39, 0.29) is 0 Å². The van der Waals surface area contributed by atoms with E-state index in [1.807, 2.05) is 62.3 Å². The lowest BCUT2D eigenvalue weighted by atomic mass is 10.3. The fraction of sp³-hybridized carbons (Fsp3) is 1.00. The predicted molar refractivity (Wildman–Crippen MR) is 181 cm³/mol. The SMILES string of the molecule is CC.CC.CC.CC(C)C.CCC.CCOC(C)(OCC)OCC.COC(C)(OC)OC.COCCN1CCCC1. The molecule has 0 N–H and O–H groups in total. The number of ether oxygens (including phenoxy) is 7. The van der Waals surface area contributed by atoms with Gasteiger partial charge in [0, 0.05) is 68.7 Å². The van der Waals surface area contributed by atoms with Crippen LogP contribution >= 0.6 is 0 Å². The van der Waals surface area contributed by atoms with Crippen molar-refractivity contribution < 1.29 is 33.2 Å². The first-order valence-corrected chi connectivity index (χ1v) is 16.2. The maximum absolute atomic E-state index is 5.27. The fourth-order valence-corrected chi connectivity index (χ4v) is 2.39. The number of hydrogen-bond acceptors (Lipinski definition) is 8. The van der Waals surface area contributed by atoms with Crippen LogP contribution in [0.2, 0.25) is 0 Å². The molecule has 0 aromatic rings. The van der Waals surface area contributed by atoms with Crippen molar-refractivity contribution in [2.45, 2.75) is 142 Å². The highest BCUT2D eigenvalue weighted by Gasteiger charge is 2.24. The number of nitrogens with zero attached hydrogens (tertiary/aromatic N) is 1. The first-order valence-electron chi connectivity index (χ1n) is 16.2. The normalized spacial score (nSPS) is 11.9. The number of methoxy groups -OCH3 is 4. The molecular weight excluding hydrogens is 522 g/mol. The van der Waals surface area contributed by atoms with Gasteiger partial charge in [0.05, 0.1) is 6.61 Å². The van der Waals surface area contributed by atoms with Crippen molar-refractivity contribution in [3.63, 3.8) is 0 Å². The van der Waals surface area contributed by atoms with Gasteiger partial charge in [-0.2, -0.15) is 0 Å². The summed E-state index contributed by atoms with van der Waals surface area (Å²) in [6, 6.07) is 0. The number of rotatable bonds is 12. The molecule has 0 unspecified atom stereocenters. The Balaban J connectivity index is -0.0000000705. The lowest BCUT2D eigenvalue weighted by molar-refractivity contribution is -0.365. The van der Waals surface area contributed by atoms with E-state index in [0.717, 1.165) is 19.1 Å². The van der Waals surface area contributed by atoms with Gasteiger partial charge < -0.3 is 38.1 Å². The van der Waals surface area contributed by atoms with Gasteiger partial charge in [-0.3, -0.25) is 0 Å². The summed E-state index contributed by atoms with van der Waals surface area (Å²) in [5.41, 5.74) is 0. The molecule has 260 valence electrons. The fourth-order valence-electron chi connectivity index (χ4n) is 2.39. The molecule has 1 fully saturated rings. The second-order valence-electron chi connectivity index (χ2n) is 8.62. The monoisotopic (exact) mass is 604 g/mol. The summed E-state index contributed by atoms with van der Waals surface area (Å²) in [5.74, 6) is -0.891. The van der Waals surface area contributed by atoms with Crippen LogP contribution in [0.3, 0.4) is 0 Å². The summed E-state index contributed by atoms with van der Waals surface area (Å²) >= 11 is 0. The Hall–Kier alpha value is -0.320. The molecule has 0 radical (unpaired) electrons. The van der Waals surface area contributed by atoms with Crippen LogP contribution in [-0.4, -0.2) is 91.3 Å². The van der Waals surface area contributed by atoms with Gasteiger partial charge >= 0.3 is 0 Å². The van der Waals surface area contributed by atoms with Crippen molar-refractivity contribution >= 4 is 0 Å². The van der Waals surface area contributed by atoms with Crippen LogP contribution in [0.25, 0.3) is 0 Å². The number of likely N-dealkylation sites (tertiary alicyclic amines) is 1. The van der Waals surface area contributed by atoms with Gasteiger partial charge in [-0.05, 0) is 52.6 Å². The maximum atomic E-state index is 5.27. The quantitative estimate of drug-likeness (QED) is 0.204. The second kappa shape index (κ2) is 49.4. The standard InChI is InChI=1S/C8H18O3.C7H15NO.C5H12O3.C4H10.C3H8.3C2H6/c1-5-9-8(4,10-6-2)11-7-3;1-9-7-6-8-4-2-3-5-8;1-5(6-2,7-3)8-4;1-4(2)3;1-3-2;3*1-2/h5-7H2,1-4H3;2-7H2,1H3;1-4H3;4H,1-3H3;3H2,1-2H3;3*1-2H3. The van der Waals surface area contributed by atoms with E-state index in [0.29, 0.717) is 19.8 Å². The lowest BCUT2D eigenvalue weighted by Crippen LogP contribution is -2.35. The Morgan fingerprint density at radius 1 is 0.585 bits per heavy atom. The first kappa shape index (κ1) is 56.5. The highest BCUT2D eigenvalue weighted by Crippen LogP contribution is 2.13. The first-order chi connectivity index (χ1) is 19.4. The summed E-state index contributed by atoms with van der Waals surface area (Å²) in [4.78, 5) is 2.45. The smallest absolute Gasteiger partial charge is 0.279 e. The van der Waals surface area contributed by atoms with Crippen molar-refractivity contribution in [2.75, 3.05) is 74.5 Å². The van der Waals surface area contributed by atoms with Gasteiger partial charge in [-0.15, -0.1) is 0 Å². The zero-order valence-corrected chi connectivity index (χ0v) is 32.0. The zero-order valence-electron chi connectivity index (χ0n) is 32.0. The van der Waals surface area contributed by atoms with Crippen LogP contribution in [0, 0.1) is 5.92 Å². The second-order valence-corrected chi connectivity index (χ2v) is 8.62. The summed E-state index contributed by atoms with van der Waals surface area (Å²) < 4.78 is 35.1. The zero-order chi connectivity index (χ0) is 34.2. The summed E-state index contributed by atoms with van der Waals surface area (Å²) in [5, 5.41) is 0. The van der Waals surface area contributed by atoms with Gasteiger partial charge in [0.25, 0.3) is 11.9 Å². The molecule has 1 saturated heterocycles.